The number of piperidine rings is 1. The number of carbonyl (C=O) groups is 2. The number of nitrogens with one attached hydrogen (secondary N) is 1. The first-order chi connectivity index (χ1) is 15.7. The van der Waals surface area contributed by atoms with Crippen molar-refractivity contribution in [2.45, 2.75) is 44.6 Å². The molecule has 6 nitrogen and oxygen atoms in total. The monoisotopic (exact) mass is 468 g/mol. The third kappa shape index (κ3) is 5.17. The van der Waals surface area contributed by atoms with E-state index in [0.29, 0.717) is 13.0 Å². The summed E-state index contributed by atoms with van der Waals surface area (Å²) >= 11 is 0. The lowest BCUT2D eigenvalue weighted by atomic mass is 10.0. The van der Waals surface area contributed by atoms with Crippen LogP contribution in [0.4, 0.5) is 16.2 Å². The third-order valence-electron chi connectivity index (χ3n) is 7.17. The predicted molar refractivity (Wildman–Crippen MR) is 133 cm³/mol. The van der Waals surface area contributed by atoms with Gasteiger partial charge in [-0.05, 0) is 61.9 Å². The van der Waals surface area contributed by atoms with Crippen molar-refractivity contribution in [3.63, 3.8) is 0 Å². The fourth-order valence-corrected chi connectivity index (χ4v) is 5.44. The first kappa shape index (κ1) is 23.6. The van der Waals surface area contributed by atoms with Crippen LogP contribution >= 0.6 is 12.4 Å². The van der Waals surface area contributed by atoms with Gasteiger partial charge in [0.05, 0.1) is 0 Å². The maximum Gasteiger partial charge on any atom is 0.324 e. The zero-order chi connectivity index (χ0) is 21.9. The summed E-state index contributed by atoms with van der Waals surface area (Å²) in [5.74, 6) is -0.152. The quantitative estimate of drug-likeness (QED) is 0.716. The average molecular weight is 469 g/mol. The average Bonchev–Trinajstić information content (AvgIpc) is 2.97. The molecule has 1 N–H and O–H groups in total. The van der Waals surface area contributed by atoms with Gasteiger partial charge in [0.2, 0.25) is 5.91 Å². The number of benzene rings is 2. The van der Waals surface area contributed by atoms with Crippen LogP contribution in [0.3, 0.4) is 0 Å². The van der Waals surface area contributed by atoms with Gasteiger partial charge >= 0.3 is 6.03 Å². The van der Waals surface area contributed by atoms with Crippen molar-refractivity contribution in [2.24, 2.45) is 0 Å². The molecular formula is C26H33ClN4O2. The molecule has 2 saturated heterocycles. The lowest BCUT2D eigenvalue weighted by Gasteiger charge is -2.40. The van der Waals surface area contributed by atoms with Crippen LogP contribution in [0, 0.1) is 0 Å². The van der Waals surface area contributed by atoms with E-state index in [9.17, 15) is 9.59 Å². The van der Waals surface area contributed by atoms with E-state index in [4.69, 9.17) is 0 Å². The molecule has 0 spiro atoms. The van der Waals surface area contributed by atoms with Gasteiger partial charge in [-0.2, -0.15) is 0 Å². The highest BCUT2D eigenvalue weighted by atomic mass is 35.5. The van der Waals surface area contributed by atoms with Crippen LogP contribution in [-0.2, 0) is 17.6 Å². The molecule has 176 valence electrons. The number of hydrogen-bond donors (Lipinski definition) is 1. The topological polar surface area (TPSA) is 55.9 Å². The molecule has 3 heterocycles. The minimum absolute atomic E-state index is 0. The second kappa shape index (κ2) is 10.6. The largest absolute Gasteiger partial charge is 0.341 e. The molecule has 5 rings (SSSR count). The lowest BCUT2D eigenvalue weighted by molar-refractivity contribution is -0.121. The maximum absolute atomic E-state index is 12.1. The molecular weight excluding hydrogens is 436 g/mol. The summed E-state index contributed by atoms with van der Waals surface area (Å²) in [6.07, 6.45) is 5.67. The molecule has 0 unspecified atom stereocenters. The Morgan fingerprint density at radius 2 is 1.39 bits per heavy atom. The van der Waals surface area contributed by atoms with Gasteiger partial charge in [-0.25, -0.2) is 4.79 Å². The Labute approximate surface area is 202 Å². The van der Waals surface area contributed by atoms with E-state index in [2.05, 4.69) is 63.6 Å². The molecule has 0 saturated carbocycles. The number of imide groups is 1. The summed E-state index contributed by atoms with van der Waals surface area (Å²) in [7, 11) is 0. The first-order valence-electron chi connectivity index (χ1n) is 12.0. The summed E-state index contributed by atoms with van der Waals surface area (Å²) in [4.78, 5) is 30.4. The Bertz CT molecular complexity index is 942. The fraction of sp³-hybridized carbons (Fsp3) is 0.462. The Morgan fingerprint density at radius 1 is 0.788 bits per heavy atom. The SMILES string of the molecule is Cl.O=C1CCN(C2CCN(CCCN3c4ccccc4CCc4ccccc43)CC2)C(=O)N1. The normalized spacial score (nSPS) is 19.3. The molecule has 0 aromatic heterocycles. The van der Waals surface area contributed by atoms with Crippen molar-refractivity contribution >= 4 is 35.7 Å². The zero-order valence-electron chi connectivity index (χ0n) is 19.0. The third-order valence-corrected chi connectivity index (χ3v) is 7.17. The number of anilines is 2. The predicted octanol–water partition coefficient (Wildman–Crippen LogP) is 4.14. The Hall–Kier alpha value is -2.57. The highest BCUT2D eigenvalue weighted by molar-refractivity contribution is 5.96. The summed E-state index contributed by atoms with van der Waals surface area (Å²) in [5, 5.41) is 2.46. The van der Waals surface area contributed by atoms with Gasteiger partial charge in [-0.1, -0.05) is 36.4 Å². The fourth-order valence-electron chi connectivity index (χ4n) is 5.44. The van der Waals surface area contributed by atoms with Crippen molar-refractivity contribution in [3.05, 3.63) is 59.7 Å². The molecule has 0 aliphatic carbocycles. The van der Waals surface area contributed by atoms with E-state index < -0.39 is 0 Å². The van der Waals surface area contributed by atoms with Crippen LogP contribution in [0.15, 0.2) is 48.5 Å². The van der Waals surface area contributed by atoms with Gasteiger partial charge in [0.25, 0.3) is 0 Å². The number of halogens is 1. The molecule has 0 radical (unpaired) electrons. The number of likely N-dealkylation sites (tertiary alicyclic amines) is 1. The molecule has 7 heteroatoms. The number of hydrogen-bond acceptors (Lipinski definition) is 4. The maximum atomic E-state index is 12.1. The number of aryl methyl sites for hydroxylation is 2. The second-order valence-electron chi connectivity index (χ2n) is 9.13. The van der Waals surface area contributed by atoms with E-state index >= 15 is 0 Å². The zero-order valence-corrected chi connectivity index (χ0v) is 19.9. The number of rotatable bonds is 5. The molecule has 0 atom stereocenters. The molecule has 3 amide bonds. The van der Waals surface area contributed by atoms with Crippen LogP contribution in [0.5, 0.6) is 0 Å². The molecule has 0 bridgehead atoms. The first-order valence-corrected chi connectivity index (χ1v) is 12.0. The lowest BCUT2D eigenvalue weighted by Crippen LogP contribution is -2.56. The second-order valence-corrected chi connectivity index (χ2v) is 9.13. The van der Waals surface area contributed by atoms with E-state index in [-0.39, 0.29) is 30.4 Å². The Morgan fingerprint density at radius 3 is 2.00 bits per heavy atom. The summed E-state index contributed by atoms with van der Waals surface area (Å²) in [6.45, 7) is 4.65. The van der Waals surface area contributed by atoms with E-state index in [1.54, 1.807) is 0 Å². The van der Waals surface area contributed by atoms with Gasteiger partial charge in [0, 0.05) is 50.0 Å². The van der Waals surface area contributed by atoms with Crippen molar-refractivity contribution in [2.75, 3.05) is 37.6 Å². The van der Waals surface area contributed by atoms with Gasteiger partial charge in [0.1, 0.15) is 0 Å². The minimum atomic E-state index is -0.210. The highest BCUT2D eigenvalue weighted by Crippen LogP contribution is 2.36. The standard InChI is InChI=1S/C26H32N4O2.ClH/c31-25-14-19-29(26(32)27-25)22-12-17-28(18-13-22)15-5-16-30-23-8-3-1-6-20(23)10-11-21-7-2-4-9-24(21)30;/h1-4,6-9,22H,5,10-19H2,(H,27,31,32);1H. The molecule has 2 aromatic rings. The van der Waals surface area contributed by atoms with Crippen molar-refractivity contribution in [1.29, 1.82) is 0 Å². The summed E-state index contributed by atoms with van der Waals surface area (Å²) in [5.41, 5.74) is 5.56. The molecule has 2 fully saturated rings. The van der Waals surface area contributed by atoms with Crippen molar-refractivity contribution < 1.29 is 9.59 Å². The van der Waals surface area contributed by atoms with Gasteiger partial charge in [-0.3, -0.25) is 10.1 Å². The number of urea groups is 1. The number of nitrogens with zero attached hydrogens (tertiary/aromatic N) is 3. The van der Waals surface area contributed by atoms with E-state index in [0.717, 1.165) is 58.3 Å². The van der Waals surface area contributed by atoms with Gasteiger partial charge in [0.15, 0.2) is 0 Å². The smallest absolute Gasteiger partial charge is 0.324 e. The van der Waals surface area contributed by atoms with Crippen LogP contribution in [-0.4, -0.2) is 60.5 Å². The number of fused-ring (bicyclic) bond motifs is 2. The molecule has 33 heavy (non-hydrogen) atoms. The van der Waals surface area contributed by atoms with Gasteiger partial charge in [-0.15, -0.1) is 12.4 Å². The summed E-state index contributed by atoms with van der Waals surface area (Å²) in [6, 6.07) is 17.7. The Balaban J connectivity index is 0.00000259. The van der Waals surface area contributed by atoms with Crippen molar-refractivity contribution in [1.82, 2.24) is 15.1 Å². The van der Waals surface area contributed by atoms with E-state index in [1.165, 1.54) is 22.5 Å². The minimum Gasteiger partial charge on any atom is -0.341 e. The Kier molecular flexibility index (Phi) is 7.56. The molecule has 3 aliphatic rings. The van der Waals surface area contributed by atoms with Crippen molar-refractivity contribution in [3.8, 4) is 0 Å². The number of amides is 3. The number of carbonyl (C=O) groups excluding carboxylic acids is 2. The van der Waals surface area contributed by atoms with Crippen LogP contribution in [0.2, 0.25) is 0 Å². The van der Waals surface area contributed by atoms with Crippen LogP contribution in [0.25, 0.3) is 0 Å². The van der Waals surface area contributed by atoms with Gasteiger partial charge < -0.3 is 14.7 Å². The van der Waals surface area contributed by atoms with Crippen LogP contribution < -0.4 is 10.2 Å². The number of para-hydroxylation sites is 2. The summed E-state index contributed by atoms with van der Waals surface area (Å²) < 4.78 is 0. The molecule has 2 aromatic carbocycles. The molecule has 3 aliphatic heterocycles. The van der Waals surface area contributed by atoms with E-state index in [1.807, 2.05) is 4.90 Å². The highest BCUT2D eigenvalue weighted by Gasteiger charge is 2.31. The van der Waals surface area contributed by atoms with Crippen LogP contribution in [0.1, 0.15) is 36.8 Å².